The summed E-state index contributed by atoms with van der Waals surface area (Å²) in [7, 11) is 4.17. The molecule has 2 bridgehead atoms. The Kier molecular flexibility index (Phi) is 3.53. The van der Waals surface area contributed by atoms with Crippen molar-refractivity contribution < 1.29 is 0 Å². The lowest BCUT2D eigenvalue weighted by Crippen LogP contribution is -2.20. The lowest BCUT2D eigenvalue weighted by atomic mass is 9.83. The Hall–Kier alpha value is -1.02. The van der Waals surface area contributed by atoms with Crippen LogP contribution in [-0.4, -0.2) is 14.1 Å². The van der Waals surface area contributed by atoms with Crippen molar-refractivity contribution in [3.8, 4) is 0 Å². The number of nitrogens with two attached hydrogens (primary N) is 1. The van der Waals surface area contributed by atoms with Gasteiger partial charge < -0.3 is 10.6 Å². The summed E-state index contributed by atoms with van der Waals surface area (Å²) < 4.78 is 0. The Morgan fingerprint density at radius 1 is 1.26 bits per heavy atom. The van der Waals surface area contributed by atoms with Gasteiger partial charge in [0, 0.05) is 25.8 Å². The van der Waals surface area contributed by atoms with Crippen LogP contribution in [0.3, 0.4) is 0 Å². The molecule has 2 aliphatic carbocycles. The van der Waals surface area contributed by atoms with Gasteiger partial charge in [-0.25, -0.2) is 0 Å². The molecule has 2 saturated carbocycles. The zero-order valence-corrected chi connectivity index (χ0v) is 12.2. The van der Waals surface area contributed by atoms with Crippen molar-refractivity contribution in [1.82, 2.24) is 0 Å². The van der Waals surface area contributed by atoms with Crippen molar-refractivity contribution in [2.24, 2.45) is 23.5 Å². The predicted molar refractivity (Wildman–Crippen MR) is 81.3 cm³/mol. The summed E-state index contributed by atoms with van der Waals surface area (Å²) in [6.07, 6.45) is 7.03. The molecule has 0 heterocycles. The van der Waals surface area contributed by atoms with Gasteiger partial charge in [-0.3, -0.25) is 0 Å². The maximum absolute atomic E-state index is 6.46. The van der Waals surface area contributed by atoms with Crippen LogP contribution in [0.2, 0.25) is 0 Å². The van der Waals surface area contributed by atoms with Crippen LogP contribution in [0.15, 0.2) is 24.3 Å². The maximum atomic E-state index is 6.46. The molecule has 1 aromatic rings. The lowest BCUT2D eigenvalue weighted by Gasteiger charge is -2.25. The molecule has 2 fully saturated rings. The van der Waals surface area contributed by atoms with Crippen LogP contribution >= 0.6 is 0 Å². The molecule has 0 radical (unpaired) electrons. The summed E-state index contributed by atoms with van der Waals surface area (Å²) in [6, 6.07) is 8.92. The summed E-state index contributed by atoms with van der Waals surface area (Å²) >= 11 is 0. The fourth-order valence-electron chi connectivity index (χ4n) is 4.16. The van der Waals surface area contributed by atoms with E-state index in [9.17, 15) is 0 Å². The van der Waals surface area contributed by atoms with E-state index >= 15 is 0 Å². The van der Waals surface area contributed by atoms with Crippen molar-refractivity contribution in [2.75, 3.05) is 19.0 Å². The van der Waals surface area contributed by atoms with Gasteiger partial charge in [0.25, 0.3) is 0 Å². The molecule has 3 rings (SSSR count). The van der Waals surface area contributed by atoms with E-state index in [4.69, 9.17) is 5.73 Å². The SMILES string of the molecule is CN(C)c1cccc(C(N)CC2CC3CCC2C3)c1. The first-order chi connectivity index (χ1) is 9.13. The van der Waals surface area contributed by atoms with Crippen molar-refractivity contribution in [2.45, 2.75) is 38.1 Å². The third-order valence-corrected chi connectivity index (χ3v) is 5.26. The highest BCUT2D eigenvalue weighted by Crippen LogP contribution is 2.50. The maximum Gasteiger partial charge on any atom is 0.0364 e. The Balaban J connectivity index is 1.66. The smallest absolute Gasteiger partial charge is 0.0364 e. The van der Waals surface area contributed by atoms with Crippen LogP contribution in [0.4, 0.5) is 5.69 Å². The van der Waals surface area contributed by atoms with Crippen molar-refractivity contribution in [3.63, 3.8) is 0 Å². The second-order valence-corrected chi connectivity index (χ2v) is 6.77. The summed E-state index contributed by atoms with van der Waals surface area (Å²) in [5, 5.41) is 0. The first-order valence-electron chi connectivity index (χ1n) is 7.66. The van der Waals surface area contributed by atoms with E-state index in [0.29, 0.717) is 0 Å². The van der Waals surface area contributed by atoms with E-state index in [1.165, 1.54) is 43.4 Å². The molecule has 2 heteroatoms. The van der Waals surface area contributed by atoms with Gasteiger partial charge in [-0.05, 0) is 61.1 Å². The highest BCUT2D eigenvalue weighted by atomic mass is 15.1. The van der Waals surface area contributed by atoms with Gasteiger partial charge >= 0.3 is 0 Å². The van der Waals surface area contributed by atoms with Crippen LogP contribution in [-0.2, 0) is 0 Å². The Morgan fingerprint density at radius 2 is 2.11 bits per heavy atom. The van der Waals surface area contributed by atoms with Gasteiger partial charge in [0.1, 0.15) is 0 Å². The molecule has 2 N–H and O–H groups in total. The molecule has 0 amide bonds. The van der Waals surface area contributed by atoms with Gasteiger partial charge in [-0.15, -0.1) is 0 Å². The number of hydrogen-bond donors (Lipinski definition) is 1. The monoisotopic (exact) mass is 258 g/mol. The first-order valence-corrected chi connectivity index (χ1v) is 7.66. The molecule has 0 aliphatic heterocycles. The molecule has 104 valence electrons. The van der Waals surface area contributed by atoms with Gasteiger partial charge in [0.15, 0.2) is 0 Å². The lowest BCUT2D eigenvalue weighted by molar-refractivity contribution is 0.296. The topological polar surface area (TPSA) is 29.3 Å². The number of benzene rings is 1. The summed E-state index contributed by atoms with van der Waals surface area (Å²) in [5.74, 6) is 2.89. The number of fused-ring (bicyclic) bond motifs is 2. The van der Waals surface area contributed by atoms with E-state index in [1.807, 2.05) is 0 Å². The van der Waals surface area contributed by atoms with E-state index in [-0.39, 0.29) is 6.04 Å². The van der Waals surface area contributed by atoms with Gasteiger partial charge in [-0.2, -0.15) is 0 Å². The molecular weight excluding hydrogens is 232 g/mol. The third kappa shape index (κ3) is 2.64. The average molecular weight is 258 g/mol. The molecule has 4 atom stereocenters. The summed E-state index contributed by atoms with van der Waals surface area (Å²) in [5.41, 5.74) is 9.01. The van der Waals surface area contributed by atoms with Gasteiger partial charge in [0.05, 0.1) is 0 Å². The fourth-order valence-corrected chi connectivity index (χ4v) is 4.16. The highest BCUT2D eigenvalue weighted by molar-refractivity contribution is 5.47. The van der Waals surface area contributed by atoms with Gasteiger partial charge in [0.2, 0.25) is 0 Å². The number of anilines is 1. The van der Waals surface area contributed by atoms with E-state index in [2.05, 4.69) is 43.3 Å². The van der Waals surface area contributed by atoms with Crippen LogP contribution < -0.4 is 10.6 Å². The zero-order valence-electron chi connectivity index (χ0n) is 12.2. The summed E-state index contributed by atoms with van der Waals surface area (Å²) in [6.45, 7) is 0. The molecule has 0 saturated heterocycles. The minimum absolute atomic E-state index is 0.212. The van der Waals surface area contributed by atoms with Crippen LogP contribution in [0.25, 0.3) is 0 Å². The predicted octanol–water partition coefficient (Wildman–Crippen LogP) is 3.58. The van der Waals surface area contributed by atoms with Crippen molar-refractivity contribution in [3.05, 3.63) is 29.8 Å². The summed E-state index contributed by atoms with van der Waals surface area (Å²) in [4.78, 5) is 2.15. The molecular formula is C17H26N2. The molecule has 2 nitrogen and oxygen atoms in total. The first kappa shape index (κ1) is 13.0. The second-order valence-electron chi connectivity index (χ2n) is 6.77. The van der Waals surface area contributed by atoms with Gasteiger partial charge in [-0.1, -0.05) is 18.6 Å². The van der Waals surface area contributed by atoms with Crippen LogP contribution in [0.1, 0.15) is 43.7 Å². The van der Waals surface area contributed by atoms with E-state index in [0.717, 1.165) is 17.8 Å². The number of hydrogen-bond acceptors (Lipinski definition) is 2. The quantitative estimate of drug-likeness (QED) is 0.894. The largest absolute Gasteiger partial charge is 0.378 e. The molecule has 1 aromatic carbocycles. The van der Waals surface area contributed by atoms with Crippen molar-refractivity contribution in [1.29, 1.82) is 0 Å². The molecule has 2 aliphatic rings. The molecule has 4 unspecified atom stereocenters. The second kappa shape index (κ2) is 5.16. The Labute approximate surface area is 117 Å². The third-order valence-electron chi connectivity index (χ3n) is 5.26. The normalized spacial score (nSPS) is 30.6. The standard InChI is InChI=1S/C17H26N2/c1-19(2)16-5-3-4-14(10-16)17(18)11-15-9-12-6-7-13(15)8-12/h3-5,10,12-13,15,17H,6-9,11,18H2,1-2H3. The Bertz CT molecular complexity index is 441. The van der Waals surface area contributed by atoms with E-state index in [1.54, 1.807) is 0 Å². The fraction of sp³-hybridized carbons (Fsp3) is 0.647. The number of nitrogens with zero attached hydrogens (tertiary/aromatic N) is 1. The van der Waals surface area contributed by atoms with Crippen molar-refractivity contribution >= 4 is 5.69 Å². The molecule has 19 heavy (non-hydrogen) atoms. The van der Waals surface area contributed by atoms with E-state index < -0.39 is 0 Å². The zero-order chi connectivity index (χ0) is 13.4. The highest BCUT2D eigenvalue weighted by Gasteiger charge is 2.39. The van der Waals surface area contributed by atoms with Crippen LogP contribution in [0.5, 0.6) is 0 Å². The minimum atomic E-state index is 0.212. The molecule has 0 aromatic heterocycles. The number of rotatable bonds is 4. The average Bonchev–Trinajstić information content (AvgIpc) is 3.01. The van der Waals surface area contributed by atoms with Crippen LogP contribution in [0, 0.1) is 17.8 Å². The minimum Gasteiger partial charge on any atom is -0.378 e. The Morgan fingerprint density at radius 3 is 2.74 bits per heavy atom. The molecule has 0 spiro atoms.